The van der Waals surface area contributed by atoms with Gasteiger partial charge in [-0.2, -0.15) is 0 Å². The second-order valence-corrected chi connectivity index (χ2v) is 7.08. The van der Waals surface area contributed by atoms with Gasteiger partial charge in [0.25, 0.3) is 0 Å². The van der Waals surface area contributed by atoms with Crippen LogP contribution in [0, 0.1) is 0 Å². The molecule has 1 aliphatic heterocycles. The summed E-state index contributed by atoms with van der Waals surface area (Å²) in [5.41, 5.74) is 0. The van der Waals surface area contributed by atoms with E-state index >= 15 is 0 Å². The van der Waals surface area contributed by atoms with Crippen molar-refractivity contribution in [3.63, 3.8) is 0 Å². The molecule has 0 saturated carbocycles. The topological polar surface area (TPSA) is 106 Å². The Morgan fingerprint density at radius 1 is 1.19 bits per heavy atom. The average Bonchev–Trinajstić information content (AvgIpc) is 3.17. The summed E-state index contributed by atoms with van der Waals surface area (Å²) in [7, 11) is -3.48. The molecule has 0 radical (unpaired) electrons. The van der Waals surface area contributed by atoms with E-state index in [0.717, 1.165) is 0 Å². The van der Waals surface area contributed by atoms with Crippen molar-refractivity contribution in [2.24, 2.45) is 0 Å². The lowest BCUT2D eigenvalue weighted by atomic mass is 10.4. The molecule has 1 fully saturated rings. The minimum absolute atomic E-state index is 0.0943. The molecule has 0 bridgehead atoms. The van der Waals surface area contributed by atoms with Crippen molar-refractivity contribution < 1.29 is 18.6 Å². The van der Waals surface area contributed by atoms with Crippen LogP contribution in [0.15, 0.2) is 25.3 Å². The van der Waals surface area contributed by atoms with Gasteiger partial charge in [-0.05, 0) is 13.8 Å². The maximum Gasteiger partial charge on any atom is 0.409 e. The lowest BCUT2D eigenvalue weighted by Crippen LogP contribution is -2.24. The molecule has 0 aromatic carbocycles. The molecule has 3 heterocycles. The van der Waals surface area contributed by atoms with Crippen LogP contribution in [0.5, 0.6) is 0 Å². The smallest absolute Gasteiger partial charge is 0.348 e. The van der Waals surface area contributed by atoms with E-state index in [0.29, 0.717) is 6.61 Å². The van der Waals surface area contributed by atoms with E-state index in [-0.39, 0.29) is 12.7 Å². The van der Waals surface area contributed by atoms with Gasteiger partial charge >= 0.3 is 7.67 Å². The molecule has 3 rings (SSSR count). The Morgan fingerprint density at radius 2 is 1.71 bits per heavy atom. The molecule has 0 amide bonds. The molecule has 1 saturated heterocycles. The Kier molecular flexibility index (Phi) is 3.62. The lowest BCUT2D eigenvalue weighted by molar-refractivity contribution is -0.141. The first kappa shape index (κ1) is 14.3. The van der Waals surface area contributed by atoms with E-state index in [2.05, 4.69) is 20.4 Å². The molecule has 0 N–H and O–H groups in total. The number of aromatic nitrogens is 6. The van der Waals surface area contributed by atoms with Gasteiger partial charge in [0.2, 0.25) is 0 Å². The summed E-state index contributed by atoms with van der Waals surface area (Å²) in [6, 6.07) is 0. The van der Waals surface area contributed by atoms with Crippen molar-refractivity contribution in [3.8, 4) is 0 Å². The zero-order valence-electron chi connectivity index (χ0n) is 11.6. The molecule has 11 heteroatoms. The van der Waals surface area contributed by atoms with Crippen molar-refractivity contribution in [2.75, 3.05) is 13.2 Å². The number of hydrogen-bond donors (Lipinski definition) is 0. The van der Waals surface area contributed by atoms with Gasteiger partial charge in [-0.1, -0.05) is 0 Å². The minimum Gasteiger partial charge on any atom is -0.348 e. The van der Waals surface area contributed by atoms with Crippen molar-refractivity contribution in [1.82, 2.24) is 29.1 Å². The van der Waals surface area contributed by atoms with Gasteiger partial charge in [0.1, 0.15) is 31.4 Å². The zero-order chi connectivity index (χ0) is 14.9. The maximum absolute atomic E-state index is 13.1. The van der Waals surface area contributed by atoms with E-state index in [4.69, 9.17) is 14.0 Å². The third-order valence-corrected chi connectivity index (χ3v) is 4.96. The largest absolute Gasteiger partial charge is 0.409 e. The second kappa shape index (κ2) is 5.30. The highest BCUT2D eigenvalue weighted by molar-refractivity contribution is 7.55. The summed E-state index contributed by atoms with van der Waals surface area (Å²) < 4.78 is 32.4. The van der Waals surface area contributed by atoms with Crippen molar-refractivity contribution in [1.29, 1.82) is 0 Å². The monoisotopic (exact) mass is 314 g/mol. The Bertz CT molecular complexity index is 590. The van der Waals surface area contributed by atoms with Crippen molar-refractivity contribution in [2.45, 2.75) is 25.7 Å². The predicted molar refractivity (Wildman–Crippen MR) is 69.3 cm³/mol. The summed E-state index contributed by atoms with van der Waals surface area (Å²) in [5.74, 6) is -0.662. The van der Waals surface area contributed by atoms with Gasteiger partial charge in [0, 0.05) is 0 Å². The highest BCUT2D eigenvalue weighted by atomic mass is 31.2. The van der Waals surface area contributed by atoms with E-state index in [1.54, 1.807) is 0 Å². The highest BCUT2D eigenvalue weighted by Gasteiger charge is 2.36. The van der Waals surface area contributed by atoms with Crippen LogP contribution < -0.4 is 0 Å². The van der Waals surface area contributed by atoms with Crippen LogP contribution in [-0.4, -0.2) is 54.2 Å². The van der Waals surface area contributed by atoms with Crippen LogP contribution >= 0.6 is 7.67 Å². The van der Waals surface area contributed by atoms with E-state index < -0.39 is 13.5 Å². The SMILES string of the molecule is CC1(C)OCC(COP(=O)(n2cnnc2)n2cnnc2)O1. The number of ether oxygens (including phenoxy) is 2. The molecule has 1 aliphatic rings. The van der Waals surface area contributed by atoms with E-state index in [9.17, 15) is 4.57 Å². The van der Waals surface area contributed by atoms with Crippen molar-refractivity contribution >= 4 is 7.67 Å². The van der Waals surface area contributed by atoms with Gasteiger partial charge in [0.05, 0.1) is 13.2 Å². The first-order chi connectivity index (χ1) is 10.00. The summed E-state index contributed by atoms with van der Waals surface area (Å²) in [4.78, 5) is 0. The van der Waals surface area contributed by atoms with Gasteiger partial charge in [-0.15, -0.1) is 20.4 Å². The first-order valence-corrected chi connectivity index (χ1v) is 7.80. The third-order valence-electron chi connectivity index (χ3n) is 2.89. The van der Waals surface area contributed by atoms with Crippen LogP contribution in [0.25, 0.3) is 0 Å². The number of nitrogens with zero attached hydrogens (tertiary/aromatic N) is 6. The molecule has 1 atom stereocenters. The first-order valence-electron chi connectivity index (χ1n) is 6.27. The Balaban J connectivity index is 1.77. The lowest BCUT2D eigenvalue weighted by Gasteiger charge is -2.21. The summed E-state index contributed by atoms with van der Waals surface area (Å²) >= 11 is 0. The fourth-order valence-corrected chi connectivity index (χ4v) is 3.50. The molecule has 2 aromatic heterocycles. The fraction of sp³-hybridized carbons (Fsp3) is 0.600. The van der Waals surface area contributed by atoms with Crippen LogP contribution in [0.4, 0.5) is 0 Å². The van der Waals surface area contributed by atoms with Crippen molar-refractivity contribution in [3.05, 3.63) is 25.3 Å². The van der Waals surface area contributed by atoms with Crippen LogP contribution in [0.1, 0.15) is 13.8 Å². The molecule has 0 spiro atoms. The van der Waals surface area contributed by atoms with E-state index in [1.165, 1.54) is 34.0 Å². The number of hydrogen-bond acceptors (Lipinski definition) is 8. The standard InChI is InChI=1S/C10H15N6O4P/c1-10(2)18-3-9(20-10)4-19-21(17,15-5-11-12-6-15)16-7-13-14-8-16/h5-9H,3-4H2,1-2H3. The maximum atomic E-state index is 13.1. The Labute approximate surface area is 120 Å². The third kappa shape index (κ3) is 2.88. The van der Waals surface area contributed by atoms with Gasteiger partial charge in [-0.25, -0.2) is 13.2 Å². The van der Waals surface area contributed by atoms with Gasteiger partial charge in [-0.3, -0.25) is 4.52 Å². The summed E-state index contributed by atoms with van der Waals surface area (Å²) in [6.07, 6.45) is 4.96. The number of rotatable bonds is 5. The van der Waals surface area contributed by atoms with Crippen LogP contribution in [0.3, 0.4) is 0 Å². The predicted octanol–water partition coefficient (Wildman–Crippen LogP) is 0.542. The Hall–Kier alpha value is -1.61. The summed E-state index contributed by atoms with van der Waals surface area (Å²) in [6.45, 7) is 4.09. The quantitative estimate of drug-likeness (QED) is 0.736. The highest BCUT2D eigenvalue weighted by Crippen LogP contribution is 2.49. The van der Waals surface area contributed by atoms with Crippen LogP contribution in [-0.2, 0) is 18.6 Å². The summed E-state index contributed by atoms with van der Waals surface area (Å²) in [5, 5.41) is 14.6. The average molecular weight is 314 g/mol. The van der Waals surface area contributed by atoms with Gasteiger partial charge < -0.3 is 9.47 Å². The van der Waals surface area contributed by atoms with Crippen LogP contribution in [0.2, 0.25) is 0 Å². The van der Waals surface area contributed by atoms with Gasteiger partial charge in [0.15, 0.2) is 5.79 Å². The molecule has 114 valence electrons. The zero-order valence-corrected chi connectivity index (χ0v) is 12.5. The Morgan fingerprint density at radius 3 is 2.14 bits per heavy atom. The normalized spacial score (nSPS) is 21.7. The molecule has 2 aromatic rings. The van der Waals surface area contributed by atoms with E-state index in [1.807, 2.05) is 13.8 Å². The molecule has 21 heavy (non-hydrogen) atoms. The molecule has 0 aliphatic carbocycles. The molecule has 10 nitrogen and oxygen atoms in total. The fourth-order valence-electron chi connectivity index (χ4n) is 1.93. The minimum atomic E-state index is -3.48. The molecule has 1 unspecified atom stereocenters. The molecular weight excluding hydrogens is 299 g/mol. The second-order valence-electron chi connectivity index (χ2n) is 4.92. The molecular formula is C10H15N6O4P.